The number of rotatable bonds is 13. The molecule has 3 rings (SSSR count). The average molecular weight is 493 g/mol. The summed E-state index contributed by atoms with van der Waals surface area (Å²) >= 11 is 1.36. The van der Waals surface area contributed by atoms with Gasteiger partial charge in [0, 0.05) is 62.4 Å². The number of nitriles is 1. The Kier molecular flexibility index (Phi) is 9.99. The summed E-state index contributed by atoms with van der Waals surface area (Å²) in [5.41, 5.74) is 2.03. The maximum atomic E-state index is 13.1. The fourth-order valence-corrected chi connectivity index (χ4v) is 4.50. The van der Waals surface area contributed by atoms with E-state index in [1.54, 1.807) is 24.4 Å². The molecule has 9 heteroatoms. The first-order chi connectivity index (χ1) is 17.0. The van der Waals surface area contributed by atoms with Crippen molar-refractivity contribution in [3.8, 4) is 11.8 Å². The van der Waals surface area contributed by atoms with Gasteiger partial charge in [-0.2, -0.15) is 9.64 Å². The van der Waals surface area contributed by atoms with Gasteiger partial charge in [0.1, 0.15) is 11.6 Å². The molecule has 1 atom stereocenters. The Morgan fingerprint density at radius 1 is 1.23 bits per heavy atom. The van der Waals surface area contributed by atoms with Gasteiger partial charge in [0.15, 0.2) is 0 Å². The van der Waals surface area contributed by atoms with Crippen LogP contribution in [0, 0.1) is 11.3 Å². The lowest BCUT2D eigenvalue weighted by atomic mass is 10.1. The van der Waals surface area contributed by atoms with Gasteiger partial charge < -0.3 is 14.5 Å². The number of nitrogens with zero attached hydrogens (tertiary/aromatic N) is 6. The van der Waals surface area contributed by atoms with Crippen LogP contribution >= 0.6 is 11.5 Å². The van der Waals surface area contributed by atoms with Gasteiger partial charge in [-0.3, -0.25) is 9.78 Å². The molecule has 184 valence electrons. The molecule has 1 unspecified atom stereocenters. The Labute approximate surface area is 211 Å². The molecule has 0 N–H and O–H groups in total. The number of ether oxygens (including phenoxy) is 1. The third-order valence-electron chi connectivity index (χ3n) is 5.83. The Bertz CT molecular complexity index is 1110. The number of carbonyl (C=O) groups excluding carboxylic acids is 1. The van der Waals surface area contributed by atoms with E-state index < -0.39 is 0 Å². The Morgan fingerprint density at radius 3 is 2.77 bits per heavy atom. The average Bonchev–Trinajstić information content (AvgIpc) is 3.34. The molecule has 3 aromatic rings. The molecule has 0 radical (unpaired) electrons. The van der Waals surface area contributed by atoms with Gasteiger partial charge in [0.05, 0.1) is 19.6 Å². The largest absolute Gasteiger partial charge is 0.497 e. The number of carbonyl (C=O) groups is 1. The summed E-state index contributed by atoms with van der Waals surface area (Å²) in [5.74, 6) is 1.58. The summed E-state index contributed by atoms with van der Waals surface area (Å²) in [6, 6.07) is 14.1. The minimum Gasteiger partial charge on any atom is -0.497 e. The quantitative estimate of drug-likeness (QED) is 0.347. The minimum absolute atomic E-state index is 0.0125. The highest BCUT2D eigenvalue weighted by atomic mass is 32.1. The lowest BCUT2D eigenvalue weighted by molar-refractivity contribution is -0.131. The molecule has 35 heavy (non-hydrogen) atoms. The van der Waals surface area contributed by atoms with E-state index in [1.165, 1.54) is 11.5 Å². The molecule has 0 spiro atoms. The van der Waals surface area contributed by atoms with Gasteiger partial charge in [-0.1, -0.05) is 25.1 Å². The lowest BCUT2D eigenvalue weighted by Gasteiger charge is -2.29. The van der Waals surface area contributed by atoms with Crippen LogP contribution < -0.4 is 9.64 Å². The molecular formula is C26H32N6O2S. The second kappa shape index (κ2) is 13.4. The summed E-state index contributed by atoms with van der Waals surface area (Å²) in [6.07, 6.45) is 5.63. The zero-order valence-corrected chi connectivity index (χ0v) is 21.4. The standard InChI is InChI=1S/C26H32N6O2S/c1-4-20(2)32(26-29-24(30-35-26)17-21-8-5-10-23(16-21)34-3)15-11-25(33)31(14-7-12-27)19-22-9-6-13-28-18-22/h5-6,8-10,13,16,18,20H,4,7,11,14-15,17,19H2,1-3H3. The van der Waals surface area contributed by atoms with Crippen LogP contribution in [0.25, 0.3) is 0 Å². The summed E-state index contributed by atoms with van der Waals surface area (Å²) in [5, 5.41) is 9.86. The smallest absolute Gasteiger partial charge is 0.224 e. The summed E-state index contributed by atoms with van der Waals surface area (Å²) in [6.45, 7) is 5.64. The van der Waals surface area contributed by atoms with Crippen LogP contribution in [0.4, 0.5) is 5.13 Å². The van der Waals surface area contributed by atoms with E-state index in [0.29, 0.717) is 38.9 Å². The zero-order valence-electron chi connectivity index (χ0n) is 20.6. The first-order valence-corrected chi connectivity index (χ1v) is 12.6. The zero-order chi connectivity index (χ0) is 25.0. The second-order valence-corrected chi connectivity index (χ2v) is 9.04. The van der Waals surface area contributed by atoms with Gasteiger partial charge in [-0.15, -0.1) is 0 Å². The van der Waals surface area contributed by atoms with E-state index >= 15 is 0 Å². The van der Waals surface area contributed by atoms with Crippen molar-refractivity contribution in [3.63, 3.8) is 0 Å². The molecule has 1 amide bonds. The molecule has 0 saturated carbocycles. The number of hydrogen-bond acceptors (Lipinski definition) is 8. The number of amides is 1. The van der Waals surface area contributed by atoms with Gasteiger partial charge in [-0.25, -0.2) is 4.98 Å². The second-order valence-electron chi connectivity index (χ2n) is 8.31. The van der Waals surface area contributed by atoms with Crippen LogP contribution in [0.2, 0.25) is 0 Å². The maximum absolute atomic E-state index is 13.1. The van der Waals surface area contributed by atoms with Crippen molar-refractivity contribution in [1.82, 2.24) is 19.2 Å². The van der Waals surface area contributed by atoms with E-state index in [0.717, 1.165) is 34.3 Å². The predicted octanol–water partition coefficient (Wildman–Crippen LogP) is 4.47. The molecular weight excluding hydrogens is 460 g/mol. The van der Waals surface area contributed by atoms with E-state index in [9.17, 15) is 4.79 Å². The molecule has 0 bridgehead atoms. The van der Waals surface area contributed by atoms with Crippen molar-refractivity contribution in [2.24, 2.45) is 0 Å². The molecule has 8 nitrogen and oxygen atoms in total. The summed E-state index contributed by atoms with van der Waals surface area (Å²) in [4.78, 5) is 26.0. The van der Waals surface area contributed by atoms with Crippen LogP contribution in [0.15, 0.2) is 48.8 Å². The van der Waals surface area contributed by atoms with Gasteiger partial charge in [0.25, 0.3) is 0 Å². The third-order valence-corrected chi connectivity index (χ3v) is 6.62. The SMILES string of the molecule is CCC(C)N(CCC(=O)N(CCC#N)Cc1cccnc1)c1nc(Cc2cccc(OC)c2)ns1. The minimum atomic E-state index is 0.0125. The van der Waals surface area contributed by atoms with Gasteiger partial charge in [0.2, 0.25) is 11.0 Å². The Morgan fingerprint density at radius 2 is 2.06 bits per heavy atom. The molecule has 2 heterocycles. The van der Waals surface area contributed by atoms with Gasteiger partial charge in [-0.05, 0) is 42.7 Å². The van der Waals surface area contributed by atoms with Crippen LogP contribution in [0.1, 0.15) is 50.1 Å². The number of hydrogen-bond donors (Lipinski definition) is 0. The Hall–Kier alpha value is -3.51. The van der Waals surface area contributed by atoms with Crippen molar-refractivity contribution in [3.05, 3.63) is 65.7 Å². The molecule has 0 aliphatic carbocycles. The highest BCUT2D eigenvalue weighted by Gasteiger charge is 2.21. The molecule has 0 fully saturated rings. The first kappa shape index (κ1) is 26.1. The number of pyridine rings is 1. The lowest BCUT2D eigenvalue weighted by Crippen LogP contribution is -2.38. The highest BCUT2D eigenvalue weighted by Crippen LogP contribution is 2.24. The molecule has 0 aliphatic rings. The van der Waals surface area contributed by atoms with Crippen molar-refractivity contribution in [1.29, 1.82) is 5.26 Å². The maximum Gasteiger partial charge on any atom is 0.224 e. The fraction of sp³-hybridized carbons (Fsp3) is 0.423. The number of anilines is 1. The topological polar surface area (TPSA) is 95.2 Å². The van der Waals surface area contributed by atoms with Crippen LogP contribution in [0.5, 0.6) is 5.75 Å². The van der Waals surface area contributed by atoms with Crippen LogP contribution in [-0.4, -0.2) is 51.4 Å². The summed E-state index contributed by atoms with van der Waals surface area (Å²) < 4.78 is 9.89. The molecule has 0 saturated heterocycles. The molecule has 2 aromatic heterocycles. The summed E-state index contributed by atoms with van der Waals surface area (Å²) in [7, 11) is 1.65. The normalized spacial score (nSPS) is 11.5. The van der Waals surface area contributed by atoms with E-state index in [1.807, 2.05) is 36.4 Å². The third kappa shape index (κ3) is 7.76. The van der Waals surface area contributed by atoms with Crippen molar-refractivity contribution >= 4 is 22.6 Å². The molecule has 0 aliphatic heterocycles. The number of methoxy groups -OCH3 is 1. The van der Waals surface area contributed by atoms with Crippen molar-refractivity contribution in [2.45, 2.75) is 52.1 Å². The van der Waals surface area contributed by atoms with E-state index in [2.05, 4.69) is 34.2 Å². The van der Waals surface area contributed by atoms with Crippen molar-refractivity contribution in [2.75, 3.05) is 25.1 Å². The van der Waals surface area contributed by atoms with Crippen molar-refractivity contribution < 1.29 is 9.53 Å². The van der Waals surface area contributed by atoms with Crippen LogP contribution in [-0.2, 0) is 17.8 Å². The van der Waals surface area contributed by atoms with Gasteiger partial charge >= 0.3 is 0 Å². The number of aromatic nitrogens is 3. The predicted molar refractivity (Wildman–Crippen MR) is 137 cm³/mol. The van der Waals surface area contributed by atoms with Crippen LogP contribution in [0.3, 0.4) is 0 Å². The molecule has 1 aromatic carbocycles. The van der Waals surface area contributed by atoms with E-state index in [-0.39, 0.29) is 11.9 Å². The number of benzene rings is 1. The monoisotopic (exact) mass is 492 g/mol. The highest BCUT2D eigenvalue weighted by molar-refractivity contribution is 7.09. The fourth-order valence-electron chi connectivity index (χ4n) is 3.69. The van der Waals surface area contributed by atoms with E-state index in [4.69, 9.17) is 15.0 Å². The first-order valence-electron chi connectivity index (χ1n) is 11.8. The Balaban J connectivity index is 1.68.